The van der Waals surface area contributed by atoms with Crippen molar-refractivity contribution in [3.63, 3.8) is 0 Å². The SMILES string of the molecule is C[C@H](OC(=O)c1cccc(N(C)C)c1)C(=O)Nc1ccc2ccccc2c1. The predicted molar refractivity (Wildman–Crippen MR) is 108 cm³/mol. The number of nitrogens with one attached hydrogen (secondary N) is 1. The van der Waals surface area contributed by atoms with Crippen molar-refractivity contribution in [2.24, 2.45) is 0 Å². The number of ether oxygens (including phenoxy) is 1. The zero-order valence-electron chi connectivity index (χ0n) is 15.6. The Balaban J connectivity index is 1.66. The second kappa shape index (κ2) is 7.91. The highest BCUT2D eigenvalue weighted by Crippen LogP contribution is 2.19. The van der Waals surface area contributed by atoms with E-state index >= 15 is 0 Å². The van der Waals surface area contributed by atoms with Crippen molar-refractivity contribution in [1.29, 1.82) is 0 Å². The second-order valence-corrected chi connectivity index (χ2v) is 6.54. The van der Waals surface area contributed by atoms with E-state index in [-0.39, 0.29) is 5.91 Å². The van der Waals surface area contributed by atoms with E-state index in [9.17, 15) is 9.59 Å². The fraction of sp³-hybridized carbons (Fsp3) is 0.182. The van der Waals surface area contributed by atoms with Gasteiger partial charge in [0.15, 0.2) is 6.10 Å². The zero-order chi connectivity index (χ0) is 19.4. The molecule has 0 aliphatic rings. The van der Waals surface area contributed by atoms with Gasteiger partial charge in [0, 0.05) is 25.5 Å². The number of anilines is 2. The fourth-order valence-corrected chi connectivity index (χ4v) is 2.70. The number of carbonyl (C=O) groups is 2. The Morgan fingerprint density at radius 1 is 0.926 bits per heavy atom. The molecule has 1 N–H and O–H groups in total. The summed E-state index contributed by atoms with van der Waals surface area (Å²) in [5, 5.41) is 4.92. The molecule has 0 unspecified atom stereocenters. The minimum absolute atomic E-state index is 0.373. The number of benzene rings is 3. The van der Waals surface area contributed by atoms with Gasteiger partial charge in [0.05, 0.1) is 5.56 Å². The molecular formula is C22H22N2O3. The number of hydrogen-bond donors (Lipinski definition) is 1. The lowest BCUT2D eigenvalue weighted by molar-refractivity contribution is -0.123. The molecular weight excluding hydrogens is 340 g/mol. The molecule has 0 aromatic heterocycles. The van der Waals surface area contributed by atoms with Crippen LogP contribution in [0.15, 0.2) is 66.7 Å². The van der Waals surface area contributed by atoms with Gasteiger partial charge >= 0.3 is 5.97 Å². The third-order valence-electron chi connectivity index (χ3n) is 4.27. The van der Waals surface area contributed by atoms with E-state index in [1.807, 2.05) is 67.5 Å². The Labute approximate surface area is 158 Å². The van der Waals surface area contributed by atoms with E-state index in [4.69, 9.17) is 4.74 Å². The van der Waals surface area contributed by atoms with Gasteiger partial charge in [0.2, 0.25) is 0 Å². The lowest BCUT2D eigenvalue weighted by Crippen LogP contribution is -2.30. The van der Waals surface area contributed by atoms with Crippen molar-refractivity contribution in [3.8, 4) is 0 Å². The molecule has 0 radical (unpaired) electrons. The number of fused-ring (bicyclic) bond motifs is 1. The highest BCUT2D eigenvalue weighted by molar-refractivity contribution is 5.99. The molecule has 0 heterocycles. The minimum Gasteiger partial charge on any atom is -0.449 e. The molecule has 3 aromatic rings. The van der Waals surface area contributed by atoms with Crippen molar-refractivity contribution >= 4 is 34.0 Å². The van der Waals surface area contributed by atoms with Gasteiger partial charge in [-0.1, -0.05) is 36.4 Å². The van der Waals surface area contributed by atoms with Crippen LogP contribution in [-0.2, 0) is 9.53 Å². The highest BCUT2D eigenvalue weighted by Gasteiger charge is 2.19. The number of esters is 1. The topological polar surface area (TPSA) is 58.6 Å². The van der Waals surface area contributed by atoms with Crippen LogP contribution < -0.4 is 10.2 Å². The molecule has 138 valence electrons. The van der Waals surface area contributed by atoms with Crippen LogP contribution in [0, 0.1) is 0 Å². The molecule has 0 spiro atoms. The number of nitrogens with zero attached hydrogens (tertiary/aromatic N) is 1. The van der Waals surface area contributed by atoms with E-state index in [2.05, 4.69) is 5.32 Å². The summed E-state index contributed by atoms with van der Waals surface area (Å²) in [5.41, 5.74) is 1.96. The maximum absolute atomic E-state index is 12.4. The van der Waals surface area contributed by atoms with Crippen LogP contribution >= 0.6 is 0 Å². The largest absolute Gasteiger partial charge is 0.449 e. The molecule has 3 aromatic carbocycles. The van der Waals surface area contributed by atoms with Gasteiger partial charge in [-0.15, -0.1) is 0 Å². The highest BCUT2D eigenvalue weighted by atomic mass is 16.5. The number of carbonyl (C=O) groups excluding carboxylic acids is 2. The Kier molecular flexibility index (Phi) is 5.41. The van der Waals surface area contributed by atoms with Crippen molar-refractivity contribution in [1.82, 2.24) is 0 Å². The van der Waals surface area contributed by atoms with E-state index in [1.165, 1.54) is 0 Å². The van der Waals surface area contributed by atoms with Crippen LogP contribution in [0.2, 0.25) is 0 Å². The summed E-state index contributed by atoms with van der Waals surface area (Å²) in [6.45, 7) is 1.56. The summed E-state index contributed by atoms with van der Waals surface area (Å²) in [5.74, 6) is -0.901. The van der Waals surface area contributed by atoms with Gasteiger partial charge in [-0.05, 0) is 48.0 Å². The van der Waals surface area contributed by atoms with Gasteiger partial charge < -0.3 is 15.0 Å². The van der Waals surface area contributed by atoms with Gasteiger partial charge in [0.25, 0.3) is 5.91 Å². The molecule has 0 saturated carbocycles. The Bertz CT molecular complexity index is 982. The summed E-state index contributed by atoms with van der Waals surface area (Å²) in [6.07, 6.45) is -0.910. The first-order valence-corrected chi connectivity index (χ1v) is 8.72. The van der Waals surface area contributed by atoms with Gasteiger partial charge in [-0.25, -0.2) is 4.79 Å². The maximum Gasteiger partial charge on any atom is 0.338 e. The first-order valence-electron chi connectivity index (χ1n) is 8.72. The summed E-state index contributed by atoms with van der Waals surface area (Å²) in [4.78, 5) is 26.6. The van der Waals surface area contributed by atoms with Crippen LogP contribution in [0.5, 0.6) is 0 Å². The first kappa shape index (κ1) is 18.5. The average molecular weight is 362 g/mol. The molecule has 1 atom stereocenters. The minimum atomic E-state index is -0.910. The van der Waals surface area contributed by atoms with Crippen LogP contribution in [-0.4, -0.2) is 32.1 Å². The molecule has 1 amide bonds. The normalized spacial score (nSPS) is 11.7. The summed E-state index contributed by atoms with van der Waals surface area (Å²) in [7, 11) is 3.79. The predicted octanol–water partition coefficient (Wildman–Crippen LogP) is 4.09. The molecule has 3 rings (SSSR count). The molecule has 0 fully saturated rings. The Hall–Kier alpha value is -3.34. The Morgan fingerprint density at radius 2 is 1.67 bits per heavy atom. The molecule has 0 aliphatic heterocycles. The molecule has 0 saturated heterocycles. The fourth-order valence-electron chi connectivity index (χ4n) is 2.70. The first-order chi connectivity index (χ1) is 12.9. The van der Waals surface area contributed by atoms with Crippen molar-refractivity contribution in [3.05, 3.63) is 72.3 Å². The molecule has 5 heteroatoms. The average Bonchev–Trinajstić information content (AvgIpc) is 2.67. The number of hydrogen-bond acceptors (Lipinski definition) is 4. The van der Waals surface area contributed by atoms with Gasteiger partial charge in [0.1, 0.15) is 0 Å². The van der Waals surface area contributed by atoms with Crippen molar-refractivity contribution in [2.75, 3.05) is 24.3 Å². The van der Waals surface area contributed by atoms with Crippen LogP contribution in [0.3, 0.4) is 0 Å². The van der Waals surface area contributed by atoms with Gasteiger partial charge in [-0.3, -0.25) is 4.79 Å². The van der Waals surface area contributed by atoms with Crippen LogP contribution in [0.4, 0.5) is 11.4 Å². The molecule has 5 nitrogen and oxygen atoms in total. The third-order valence-corrected chi connectivity index (χ3v) is 4.27. The van der Waals surface area contributed by atoms with Crippen molar-refractivity contribution in [2.45, 2.75) is 13.0 Å². The zero-order valence-corrected chi connectivity index (χ0v) is 15.6. The van der Waals surface area contributed by atoms with Crippen molar-refractivity contribution < 1.29 is 14.3 Å². The van der Waals surface area contributed by atoms with E-state index in [1.54, 1.807) is 25.1 Å². The molecule has 27 heavy (non-hydrogen) atoms. The molecule has 0 bridgehead atoms. The summed E-state index contributed by atoms with van der Waals surface area (Å²) >= 11 is 0. The van der Waals surface area contributed by atoms with E-state index < -0.39 is 12.1 Å². The van der Waals surface area contributed by atoms with Crippen LogP contribution in [0.1, 0.15) is 17.3 Å². The quantitative estimate of drug-likeness (QED) is 0.695. The summed E-state index contributed by atoms with van der Waals surface area (Å²) < 4.78 is 5.32. The number of amides is 1. The van der Waals surface area contributed by atoms with E-state index in [0.717, 1.165) is 16.5 Å². The third kappa shape index (κ3) is 4.44. The van der Waals surface area contributed by atoms with E-state index in [0.29, 0.717) is 11.3 Å². The number of rotatable bonds is 5. The summed E-state index contributed by atoms with van der Waals surface area (Å²) in [6, 6.07) is 20.6. The van der Waals surface area contributed by atoms with Crippen LogP contribution in [0.25, 0.3) is 10.8 Å². The smallest absolute Gasteiger partial charge is 0.338 e. The second-order valence-electron chi connectivity index (χ2n) is 6.54. The Morgan fingerprint density at radius 3 is 2.41 bits per heavy atom. The maximum atomic E-state index is 12.4. The standard InChI is InChI=1S/C22H22N2O3/c1-15(27-22(26)18-9-6-10-20(14-18)24(2)3)21(25)23-19-12-11-16-7-4-5-8-17(16)13-19/h4-15H,1-3H3,(H,23,25)/t15-/m0/s1. The molecule has 0 aliphatic carbocycles. The lowest BCUT2D eigenvalue weighted by Gasteiger charge is -2.16. The lowest BCUT2D eigenvalue weighted by atomic mass is 10.1. The van der Waals surface area contributed by atoms with Gasteiger partial charge in [-0.2, -0.15) is 0 Å². The monoisotopic (exact) mass is 362 g/mol.